The minimum absolute atomic E-state index is 0.0135. The molecule has 1 nitrogen and oxygen atoms in total. The van der Waals surface area contributed by atoms with Gasteiger partial charge in [-0.3, -0.25) is 0 Å². The van der Waals surface area contributed by atoms with E-state index in [1.54, 1.807) is 0 Å². The standard InChI is InChI=1S/C16H30O/c1-5-11(2)15-7-6-13-10-14(17)8-9-16(13,4)12(15)3/h11-15,17H,5-10H2,1-4H3. The summed E-state index contributed by atoms with van der Waals surface area (Å²) >= 11 is 0. The van der Waals surface area contributed by atoms with Crippen LogP contribution in [0, 0.1) is 29.1 Å². The lowest BCUT2D eigenvalue weighted by Crippen LogP contribution is -2.48. The van der Waals surface area contributed by atoms with Gasteiger partial charge in [0.2, 0.25) is 0 Å². The van der Waals surface area contributed by atoms with Crippen molar-refractivity contribution in [1.29, 1.82) is 0 Å². The van der Waals surface area contributed by atoms with Crippen LogP contribution in [0.15, 0.2) is 0 Å². The monoisotopic (exact) mass is 238 g/mol. The Morgan fingerprint density at radius 2 is 2.00 bits per heavy atom. The lowest BCUT2D eigenvalue weighted by molar-refractivity contribution is -0.0751. The summed E-state index contributed by atoms with van der Waals surface area (Å²) in [6.07, 6.45) is 7.39. The molecule has 2 aliphatic carbocycles. The lowest BCUT2D eigenvalue weighted by Gasteiger charge is -2.55. The van der Waals surface area contributed by atoms with Gasteiger partial charge in [0.05, 0.1) is 6.10 Å². The highest BCUT2D eigenvalue weighted by Gasteiger charge is 2.49. The molecule has 0 heterocycles. The quantitative estimate of drug-likeness (QED) is 0.762. The predicted molar refractivity (Wildman–Crippen MR) is 72.8 cm³/mol. The highest BCUT2D eigenvalue weighted by Crippen LogP contribution is 2.56. The van der Waals surface area contributed by atoms with Gasteiger partial charge < -0.3 is 5.11 Å². The Labute approximate surface area is 107 Å². The van der Waals surface area contributed by atoms with E-state index in [0.29, 0.717) is 5.41 Å². The minimum Gasteiger partial charge on any atom is -0.393 e. The SMILES string of the molecule is CCC(C)C1CCC2CC(O)CCC2(C)C1C. The normalized spacial score (nSPS) is 48.5. The molecule has 0 saturated heterocycles. The van der Waals surface area contributed by atoms with Crippen LogP contribution in [0.2, 0.25) is 0 Å². The van der Waals surface area contributed by atoms with Crippen LogP contribution in [0.4, 0.5) is 0 Å². The van der Waals surface area contributed by atoms with Gasteiger partial charge in [0, 0.05) is 0 Å². The van der Waals surface area contributed by atoms with E-state index >= 15 is 0 Å². The van der Waals surface area contributed by atoms with Gasteiger partial charge in [-0.2, -0.15) is 0 Å². The topological polar surface area (TPSA) is 20.2 Å². The van der Waals surface area contributed by atoms with Crippen molar-refractivity contribution in [3.05, 3.63) is 0 Å². The number of rotatable bonds is 2. The van der Waals surface area contributed by atoms with Crippen LogP contribution in [0.5, 0.6) is 0 Å². The van der Waals surface area contributed by atoms with Gasteiger partial charge in [-0.25, -0.2) is 0 Å². The highest BCUT2D eigenvalue weighted by molar-refractivity contribution is 4.98. The van der Waals surface area contributed by atoms with Gasteiger partial charge in [0.15, 0.2) is 0 Å². The molecule has 0 bridgehead atoms. The van der Waals surface area contributed by atoms with Crippen LogP contribution in [0.25, 0.3) is 0 Å². The molecule has 0 aromatic carbocycles. The van der Waals surface area contributed by atoms with E-state index in [0.717, 1.165) is 36.5 Å². The van der Waals surface area contributed by atoms with Gasteiger partial charge in [0.25, 0.3) is 0 Å². The van der Waals surface area contributed by atoms with E-state index in [2.05, 4.69) is 27.7 Å². The summed E-state index contributed by atoms with van der Waals surface area (Å²) in [6, 6.07) is 0. The predicted octanol–water partition coefficient (Wildman–Crippen LogP) is 4.25. The largest absolute Gasteiger partial charge is 0.393 e. The summed E-state index contributed by atoms with van der Waals surface area (Å²) in [7, 11) is 0. The summed E-state index contributed by atoms with van der Waals surface area (Å²) < 4.78 is 0. The number of hydrogen-bond acceptors (Lipinski definition) is 1. The van der Waals surface area contributed by atoms with E-state index < -0.39 is 0 Å². The second kappa shape index (κ2) is 4.91. The summed E-state index contributed by atoms with van der Waals surface area (Å²) in [6.45, 7) is 9.75. The first kappa shape index (κ1) is 13.4. The van der Waals surface area contributed by atoms with Gasteiger partial charge in [-0.1, -0.05) is 34.1 Å². The van der Waals surface area contributed by atoms with Crippen molar-refractivity contribution in [2.75, 3.05) is 0 Å². The molecule has 1 N–H and O–H groups in total. The van der Waals surface area contributed by atoms with Crippen LogP contribution in [-0.2, 0) is 0 Å². The molecule has 17 heavy (non-hydrogen) atoms. The van der Waals surface area contributed by atoms with Gasteiger partial charge in [-0.15, -0.1) is 0 Å². The maximum Gasteiger partial charge on any atom is 0.0543 e. The molecule has 2 fully saturated rings. The van der Waals surface area contributed by atoms with Crippen LogP contribution in [0.3, 0.4) is 0 Å². The first-order chi connectivity index (χ1) is 7.99. The minimum atomic E-state index is -0.0135. The van der Waals surface area contributed by atoms with Crippen molar-refractivity contribution >= 4 is 0 Å². The Balaban J connectivity index is 2.13. The fourth-order valence-electron chi connectivity index (χ4n) is 4.66. The summed E-state index contributed by atoms with van der Waals surface area (Å²) in [5.41, 5.74) is 0.506. The fraction of sp³-hybridized carbons (Fsp3) is 1.00. The number of aliphatic hydroxyl groups excluding tert-OH is 1. The average molecular weight is 238 g/mol. The fourth-order valence-corrected chi connectivity index (χ4v) is 4.66. The van der Waals surface area contributed by atoms with Crippen LogP contribution in [-0.4, -0.2) is 11.2 Å². The summed E-state index contributed by atoms with van der Waals surface area (Å²) in [5.74, 6) is 3.40. The Morgan fingerprint density at radius 3 is 2.65 bits per heavy atom. The van der Waals surface area contributed by atoms with Gasteiger partial charge >= 0.3 is 0 Å². The zero-order valence-corrected chi connectivity index (χ0v) is 12.1. The molecular weight excluding hydrogens is 208 g/mol. The third-order valence-corrected chi connectivity index (χ3v) is 6.41. The molecule has 2 aliphatic rings. The first-order valence-electron chi connectivity index (χ1n) is 7.67. The Bertz CT molecular complexity index is 262. The third-order valence-electron chi connectivity index (χ3n) is 6.41. The van der Waals surface area contributed by atoms with E-state index in [4.69, 9.17) is 0 Å². The second-order valence-electron chi connectivity index (χ2n) is 7.05. The molecule has 0 aliphatic heterocycles. The average Bonchev–Trinajstić information content (AvgIpc) is 2.32. The van der Waals surface area contributed by atoms with E-state index in [1.165, 1.54) is 25.7 Å². The van der Waals surface area contributed by atoms with Crippen LogP contribution in [0.1, 0.15) is 66.2 Å². The summed E-state index contributed by atoms with van der Waals surface area (Å²) in [5, 5.41) is 9.87. The molecular formula is C16H30O. The summed E-state index contributed by atoms with van der Waals surface area (Å²) in [4.78, 5) is 0. The van der Waals surface area contributed by atoms with Crippen molar-refractivity contribution in [3.8, 4) is 0 Å². The molecule has 6 unspecified atom stereocenters. The number of aliphatic hydroxyl groups is 1. The third kappa shape index (κ3) is 2.28. The van der Waals surface area contributed by atoms with Gasteiger partial charge in [-0.05, 0) is 61.2 Å². The van der Waals surface area contributed by atoms with Crippen molar-refractivity contribution in [2.24, 2.45) is 29.1 Å². The molecule has 100 valence electrons. The second-order valence-corrected chi connectivity index (χ2v) is 7.05. The molecule has 0 amide bonds. The molecule has 1 heteroatoms. The lowest BCUT2D eigenvalue weighted by atomic mass is 9.51. The maximum atomic E-state index is 9.87. The number of hydrogen-bond donors (Lipinski definition) is 1. The smallest absolute Gasteiger partial charge is 0.0543 e. The zero-order valence-electron chi connectivity index (χ0n) is 12.1. The van der Waals surface area contributed by atoms with Crippen molar-refractivity contribution in [1.82, 2.24) is 0 Å². The zero-order chi connectivity index (χ0) is 12.6. The molecule has 0 spiro atoms. The number of fused-ring (bicyclic) bond motifs is 1. The molecule has 2 saturated carbocycles. The van der Waals surface area contributed by atoms with Crippen molar-refractivity contribution < 1.29 is 5.11 Å². The van der Waals surface area contributed by atoms with E-state index in [9.17, 15) is 5.11 Å². The molecule has 0 radical (unpaired) electrons. The first-order valence-corrected chi connectivity index (χ1v) is 7.67. The molecule has 0 aromatic heterocycles. The molecule has 2 rings (SSSR count). The molecule has 6 atom stereocenters. The Kier molecular flexibility index (Phi) is 3.87. The van der Waals surface area contributed by atoms with Crippen molar-refractivity contribution in [2.45, 2.75) is 72.3 Å². The van der Waals surface area contributed by atoms with Gasteiger partial charge in [0.1, 0.15) is 0 Å². The van der Waals surface area contributed by atoms with Crippen LogP contribution >= 0.6 is 0 Å². The maximum absolute atomic E-state index is 9.87. The van der Waals surface area contributed by atoms with E-state index in [1.807, 2.05) is 0 Å². The Morgan fingerprint density at radius 1 is 1.29 bits per heavy atom. The Hall–Kier alpha value is -0.0400. The van der Waals surface area contributed by atoms with Crippen molar-refractivity contribution in [3.63, 3.8) is 0 Å². The van der Waals surface area contributed by atoms with Crippen LogP contribution < -0.4 is 0 Å². The highest BCUT2D eigenvalue weighted by atomic mass is 16.3. The van der Waals surface area contributed by atoms with E-state index in [-0.39, 0.29) is 6.10 Å². The molecule has 0 aromatic rings.